The van der Waals surface area contributed by atoms with Gasteiger partial charge in [0.05, 0.1) is 5.75 Å². The first kappa shape index (κ1) is 17.8. The van der Waals surface area contributed by atoms with Crippen LogP contribution in [0.4, 0.5) is 0 Å². The Balaban J connectivity index is 1.81. The van der Waals surface area contributed by atoms with E-state index in [2.05, 4.69) is 4.72 Å². The van der Waals surface area contributed by atoms with Crippen LogP contribution >= 0.6 is 11.6 Å². The molecule has 0 unspecified atom stereocenters. The average Bonchev–Trinajstić information content (AvgIpc) is 2.47. The maximum Gasteiger partial charge on any atom is 0.215 e. The number of hydrogen-bond donors (Lipinski definition) is 1. The summed E-state index contributed by atoms with van der Waals surface area (Å²) in [5.74, 6) is 0.695. The summed E-state index contributed by atoms with van der Waals surface area (Å²) in [5.41, 5.74) is 2.89. The first-order valence-electron chi connectivity index (χ1n) is 7.27. The lowest BCUT2D eigenvalue weighted by atomic mass is 10.1. The third-order valence-corrected chi connectivity index (χ3v) is 4.89. The van der Waals surface area contributed by atoms with E-state index >= 15 is 0 Å². The molecule has 124 valence electrons. The summed E-state index contributed by atoms with van der Waals surface area (Å²) >= 11 is 5.78. The molecule has 23 heavy (non-hydrogen) atoms. The van der Waals surface area contributed by atoms with Gasteiger partial charge in [-0.2, -0.15) is 0 Å². The maximum atomic E-state index is 12.0. The molecule has 1 N–H and O–H groups in total. The third-order valence-electron chi connectivity index (χ3n) is 3.28. The van der Waals surface area contributed by atoms with Gasteiger partial charge in [0.2, 0.25) is 10.0 Å². The minimum atomic E-state index is -3.39. The van der Waals surface area contributed by atoms with E-state index in [1.807, 2.05) is 32.0 Å². The number of rotatable bonds is 7. The number of halogens is 1. The van der Waals surface area contributed by atoms with E-state index in [4.69, 9.17) is 16.3 Å². The molecule has 4 nitrogen and oxygen atoms in total. The highest BCUT2D eigenvalue weighted by molar-refractivity contribution is 7.88. The van der Waals surface area contributed by atoms with Crippen molar-refractivity contribution in [2.24, 2.45) is 0 Å². The first-order valence-corrected chi connectivity index (χ1v) is 9.30. The molecule has 6 heteroatoms. The van der Waals surface area contributed by atoms with E-state index in [9.17, 15) is 8.42 Å². The summed E-state index contributed by atoms with van der Waals surface area (Å²) in [6.45, 7) is 4.49. The quantitative estimate of drug-likeness (QED) is 0.775. The Morgan fingerprint density at radius 1 is 1.09 bits per heavy atom. The Bertz CT molecular complexity index is 758. The molecule has 2 aromatic carbocycles. The van der Waals surface area contributed by atoms with Gasteiger partial charge >= 0.3 is 0 Å². The number of sulfonamides is 1. The Kier molecular flexibility index (Phi) is 6.04. The normalized spacial score (nSPS) is 11.4. The molecule has 0 aliphatic carbocycles. The minimum absolute atomic E-state index is 0.0757. The minimum Gasteiger partial charge on any atom is -0.492 e. The van der Waals surface area contributed by atoms with Crippen molar-refractivity contribution in [3.05, 3.63) is 64.2 Å². The second-order valence-electron chi connectivity index (χ2n) is 5.40. The van der Waals surface area contributed by atoms with E-state index < -0.39 is 10.0 Å². The van der Waals surface area contributed by atoms with Gasteiger partial charge in [-0.3, -0.25) is 0 Å². The van der Waals surface area contributed by atoms with Crippen molar-refractivity contribution in [1.82, 2.24) is 4.72 Å². The fraction of sp³-hybridized carbons (Fsp3) is 0.294. The number of aryl methyl sites for hydroxylation is 2. The van der Waals surface area contributed by atoms with E-state index in [0.717, 1.165) is 11.3 Å². The van der Waals surface area contributed by atoms with Crippen LogP contribution in [0, 0.1) is 13.8 Å². The van der Waals surface area contributed by atoms with E-state index in [1.54, 1.807) is 24.3 Å². The molecule has 0 saturated carbocycles. The summed E-state index contributed by atoms with van der Waals surface area (Å²) in [7, 11) is -3.39. The van der Waals surface area contributed by atoms with Crippen molar-refractivity contribution >= 4 is 21.6 Å². The Morgan fingerprint density at radius 2 is 1.78 bits per heavy atom. The van der Waals surface area contributed by atoms with Gasteiger partial charge in [-0.1, -0.05) is 41.4 Å². The largest absolute Gasteiger partial charge is 0.492 e. The molecule has 2 rings (SSSR count). The Morgan fingerprint density at radius 3 is 2.43 bits per heavy atom. The maximum absolute atomic E-state index is 12.0. The van der Waals surface area contributed by atoms with Crippen molar-refractivity contribution < 1.29 is 13.2 Å². The standard InChI is InChI=1S/C17H20ClNO3S/c1-13-3-8-17(14(2)11-13)22-10-9-19-23(20,21)12-15-4-6-16(18)7-5-15/h3-8,11,19H,9-10,12H2,1-2H3. The predicted molar refractivity (Wildman–Crippen MR) is 93.5 cm³/mol. The molecule has 0 spiro atoms. The lowest BCUT2D eigenvalue weighted by Gasteiger charge is -2.11. The molecule has 0 aromatic heterocycles. The van der Waals surface area contributed by atoms with Crippen LogP contribution in [-0.2, 0) is 15.8 Å². The summed E-state index contributed by atoms with van der Waals surface area (Å²) in [6, 6.07) is 12.6. The van der Waals surface area contributed by atoms with Crippen LogP contribution in [0.2, 0.25) is 5.02 Å². The van der Waals surface area contributed by atoms with Gasteiger partial charge in [0.25, 0.3) is 0 Å². The third kappa shape index (κ3) is 5.86. The number of ether oxygens (including phenoxy) is 1. The second kappa shape index (κ2) is 7.81. The van der Waals surface area contributed by atoms with Crippen molar-refractivity contribution in [3.8, 4) is 5.75 Å². The van der Waals surface area contributed by atoms with Crippen LogP contribution in [0.25, 0.3) is 0 Å². The van der Waals surface area contributed by atoms with Gasteiger partial charge in [0.15, 0.2) is 0 Å². The molecular formula is C17H20ClNO3S. The lowest BCUT2D eigenvalue weighted by molar-refractivity contribution is 0.320. The van der Waals surface area contributed by atoms with Crippen LogP contribution < -0.4 is 9.46 Å². The monoisotopic (exact) mass is 353 g/mol. The van der Waals surface area contributed by atoms with Crippen molar-refractivity contribution in [2.45, 2.75) is 19.6 Å². The zero-order valence-electron chi connectivity index (χ0n) is 13.2. The van der Waals surface area contributed by atoms with Gasteiger partial charge in [-0.15, -0.1) is 0 Å². The topological polar surface area (TPSA) is 55.4 Å². The summed E-state index contributed by atoms with van der Waals surface area (Å²) < 4.78 is 32.2. The van der Waals surface area contributed by atoms with Gasteiger partial charge in [-0.25, -0.2) is 13.1 Å². The lowest BCUT2D eigenvalue weighted by Crippen LogP contribution is -2.29. The van der Waals surface area contributed by atoms with Crippen LogP contribution in [0.5, 0.6) is 5.75 Å². The van der Waals surface area contributed by atoms with Crippen LogP contribution in [0.15, 0.2) is 42.5 Å². The summed E-state index contributed by atoms with van der Waals surface area (Å²) in [5, 5.41) is 0.584. The van der Waals surface area contributed by atoms with Crippen molar-refractivity contribution in [3.63, 3.8) is 0 Å². The SMILES string of the molecule is Cc1ccc(OCCNS(=O)(=O)Cc2ccc(Cl)cc2)c(C)c1. The zero-order chi connectivity index (χ0) is 16.9. The molecule has 0 saturated heterocycles. The molecule has 0 aliphatic rings. The number of benzene rings is 2. The first-order chi connectivity index (χ1) is 10.9. The average molecular weight is 354 g/mol. The molecule has 0 aliphatic heterocycles. The molecule has 2 aromatic rings. The fourth-order valence-electron chi connectivity index (χ4n) is 2.17. The Labute approximate surface area is 142 Å². The summed E-state index contributed by atoms with van der Waals surface area (Å²) in [4.78, 5) is 0. The number of nitrogens with one attached hydrogen (secondary N) is 1. The number of hydrogen-bond acceptors (Lipinski definition) is 3. The molecule has 0 bridgehead atoms. The Hall–Kier alpha value is -1.56. The summed E-state index contributed by atoms with van der Waals surface area (Å²) in [6.07, 6.45) is 0. The zero-order valence-corrected chi connectivity index (χ0v) is 14.7. The van der Waals surface area contributed by atoms with Crippen molar-refractivity contribution in [2.75, 3.05) is 13.2 Å². The molecule has 0 atom stereocenters. The van der Waals surface area contributed by atoms with E-state index in [1.165, 1.54) is 5.56 Å². The molecular weight excluding hydrogens is 334 g/mol. The van der Waals surface area contributed by atoms with Gasteiger partial charge in [0.1, 0.15) is 12.4 Å². The van der Waals surface area contributed by atoms with Gasteiger partial charge < -0.3 is 4.74 Å². The highest BCUT2D eigenvalue weighted by Crippen LogP contribution is 2.18. The van der Waals surface area contributed by atoms with Crippen LogP contribution in [0.3, 0.4) is 0 Å². The second-order valence-corrected chi connectivity index (χ2v) is 7.64. The molecule has 0 amide bonds. The van der Waals surface area contributed by atoms with Crippen LogP contribution in [0.1, 0.15) is 16.7 Å². The van der Waals surface area contributed by atoms with Crippen molar-refractivity contribution in [1.29, 1.82) is 0 Å². The molecule has 0 fully saturated rings. The van der Waals surface area contributed by atoms with Crippen LogP contribution in [-0.4, -0.2) is 21.6 Å². The van der Waals surface area contributed by atoms with E-state index in [0.29, 0.717) is 10.6 Å². The van der Waals surface area contributed by atoms with E-state index in [-0.39, 0.29) is 18.9 Å². The fourth-order valence-corrected chi connectivity index (χ4v) is 3.42. The highest BCUT2D eigenvalue weighted by Gasteiger charge is 2.11. The van der Waals surface area contributed by atoms with Gasteiger partial charge in [0, 0.05) is 11.6 Å². The molecule has 0 radical (unpaired) electrons. The predicted octanol–water partition coefficient (Wildman–Crippen LogP) is 3.46. The molecule has 0 heterocycles. The van der Waals surface area contributed by atoms with Gasteiger partial charge in [-0.05, 0) is 43.2 Å². The highest BCUT2D eigenvalue weighted by atomic mass is 35.5. The smallest absolute Gasteiger partial charge is 0.215 e.